The molecule has 0 rings (SSSR count). The van der Waals surface area contributed by atoms with Gasteiger partial charge in [-0.2, -0.15) is 17.0 Å². The Bertz CT molecular complexity index is 261. The lowest BCUT2D eigenvalue weighted by molar-refractivity contribution is -0.138. The van der Waals surface area contributed by atoms with Crippen LogP contribution in [0.25, 0.3) is 0 Å². The summed E-state index contributed by atoms with van der Waals surface area (Å²) in [6.45, 7) is 3.86. The second-order valence-corrected chi connectivity index (χ2v) is 5.67. The minimum absolute atomic E-state index is 0.252. The van der Waals surface area contributed by atoms with Crippen LogP contribution < -0.4 is 5.73 Å². The number of nitrogens with two attached hydrogens (primary N) is 1. The molecule has 0 aromatic rings. The van der Waals surface area contributed by atoms with Crippen molar-refractivity contribution in [2.75, 3.05) is 11.5 Å². The predicted molar refractivity (Wildman–Crippen MR) is 66.2 cm³/mol. The molecule has 0 spiro atoms. The number of nitriles is 1. The third kappa shape index (κ3) is 7.55. The molecule has 16 heavy (non-hydrogen) atoms. The van der Waals surface area contributed by atoms with E-state index in [1.165, 1.54) is 0 Å². The van der Waals surface area contributed by atoms with Gasteiger partial charge in [0.15, 0.2) is 0 Å². The monoisotopic (exact) mass is 244 g/mol. The Morgan fingerprint density at radius 2 is 2.19 bits per heavy atom. The maximum absolute atomic E-state index is 10.4. The zero-order chi connectivity index (χ0) is 12.6. The number of hydrogen-bond acceptors (Lipinski definition) is 4. The molecular formula is C11H20N2O2S. The van der Waals surface area contributed by atoms with Gasteiger partial charge in [-0.15, -0.1) is 0 Å². The fourth-order valence-electron chi connectivity index (χ4n) is 1.11. The number of carbonyl (C=O) groups is 1. The minimum Gasteiger partial charge on any atom is -0.480 e. The Labute approximate surface area is 101 Å². The highest BCUT2D eigenvalue weighted by atomic mass is 32.2. The van der Waals surface area contributed by atoms with Crippen LogP contribution in [0.5, 0.6) is 0 Å². The highest BCUT2D eigenvalue weighted by Gasteiger charge is 2.15. The molecule has 0 amide bonds. The van der Waals surface area contributed by atoms with Crippen molar-refractivity contribution in [3.8, 4) is 6.07 Å². The number of thioether (sulfide) groups is 1. The first-order valence-corrected chi connectivity index (χ1v) is 6.52. The highest BCUT2D eigenvalue weighted by Crippen LogP contribution is 2.22. The molecule has 0 saturated carbocycles. The quantitative estimate of drug-likeness (QED) is 0.636. The van der Waals surface area contributed by atoms with Crippen LogP contribution in [0.1, 0.15) is 33.1 Å². The summed E-state index contributed by atoms with van der Waals surface area (Å²) in [5.41, 5.74) is 5.11. The van der Waals surface area contributed by atoms with Crippen molar-refractivity contribution in [2.45, 2.75) is 39.2 Å². The van der Waals surface area contributed by atoms with E-state index >= 15 is 0 Å². The summed E-state index contributed by atoms with van der Waals surface area (Å²) in [4.78, 5) is 10.4. The summed E-state index contributed by atoms with van der Waals surface area (Å²) in [5.74, 6) is 0.781. The molecule has 0 aliphatic carbocycles. The lowest BCUT2D eigenvalue weighted by Gasteiger charge is -2.14. The Hall–Kier alpha value is -0.730. The SMILES string of the molecule is CC(C)(C#N)CCCSCCC(N)C(=O)O. The van der Waals surface area contributed by atoms with Gasteiger partial charge in [0.1, 0.15) is 6.04 Å². The van der Waals surface area contributed by atoms with E-state index < -0.39 is 12.0 Å². The van der Waals surface area contributed by atoms with Crippen LogP contribution in [0.15, 0.2) is 0 Å². The predicted octanol–water partition coefficient (Wildman–Crippen LogP) is 1.85. The number of rotatable bonds is 8. The number of hydrogen-bond donors (Lipinski definition) is 2. The van der Waals surface area contributed by atoms with E-state index in [9.17, 15) is 4.79 Å². The first kappa shape index (κ1) is 15.3. The molecule has 0 heterocycles. The third-order valence-electron chi connectivity index (χ3n) is 2.28. The van der Waals surface area contributed by atoms with Crippen molar-refractivity contribution in [1.29, 1.82) is 5.26 Å². The maximum atomic E-state index is 10.4. The number of carboxylic acids is 1. The zero-order valence-electron chi connectivity index (χ0n) is 9.90. The minimum atomic E-state index is -0.939. The van der Waals surface area contributed by atoms with E-state index in [1.54, 1.807) is 11.8 Å². The van der Waals surface area contributed by atoms with Gasteiger partial charge in [0.05, 0.1) is 11.5 Å². The first-order valence-electron chi connectivity index (χ1n) is 5.36. The number of nitrogens with zero attached hydrogens (tertiary/aromatic N) is 1. The summed E-state index contributed by atoms with van der Waals surface area (Å²) in [5, 5.41) is 17.3. The van der Waals surface area contributed by atoms with Crippen LogP contribution in [0.2, 0.25) is 0 Å². The van der Waals surface area contributed by atoms with E-state index in [-0.39, 0.29) is 5.41 Å². The zero-order valence-corrected chi connectivity index (χ0v) is 10.7. The van der Waals surface area contributed by atoms with Gasteiger partial charge in [0, 0.05) is 0 Å². The topological polar surface area (TPSA) is 87.1 Å². The van der Waals surface area contributed by atoms with Crippen molar-refractivity contribution in [2.24, 2.45) is 11.1 Å². The Kier molecular flexibility index (Phi) is 7.18. The van der Waals surface area contributed by atoms with Gasteiger partial charge >= 0.3 is 5.97 Å². The molecule has 0 aromatic carbocycles. The van der Waals surface area contributed by atoms with Gasteiger partial charge in [-0.25, -0.2) is 0 Å². The van der Waals surface area contributed by atoms with Crippen molar-refractivity contribution in [3.63, 3.8) is 0 Å². The first-order chi connectivity index (χ1) is 7.39. The molecule has 0 radical (unpaired) electrons. The second kappa shape index (κ2) is 7.53. The molecule has 4 nitrogen and oxygen atoms in total. The third-order valence-corrected chi connectivity index (χ3v) is 3.39. The van der Waals surface area contributed by atoms with Gasteiger partial charge in [-0.3, -0.25) is 4.79 Å². The van der Waals surface area contributed by atoms with Gasteiger partial charge in [-0.05, 0) is 44.6 Å². The van der Waals surface area contributed by atoms with Crippen LogP contribution in [0, 0.1) is 16.7 Å². The summed E-state index contributed by atoms with van der Waals surface area (Å²) in [7, 11) is 0. The molecule has 92 valence electrons. The number of carboxylic acid groups (broad SMARTS) is 1. The van der Waals surface area contributed by atoms with Crippen molar-refractivity contribution in [1.82, 2.24) is 0 Å². The molecule has 3 N–H and O–H groups in total. The molecule has 0 aliphatic heterocycles. The lowest BCUT2D eigenvalue weighted by Crippen LogP contribution is -2.30. The molecule has 0 aliphatic rings. The fourth-order valence-corrected chi connectivity index (χ4v) is 2.08. The molecule has 0 saturated heterocycles. The Morgan fingerprint density at radius 3 is 2.69 bits per heavy atom. The lowest BCUT2D eigenvalue weighted by atomic mass is 9.90. The Morgan fingerprint density at radius 1 is 1.56 bits per heavy atom. The van der Waals surface area contributed by atoms with Crippen molar-refractivity contribution < 1.29 is 9.90 Å². The molecule has 5 heteroatoms. The van der Waals surface area contributed by atoms with Gasteiger partial charge in [-0.1, -0.05) is 0 Å². The summed E-state index contributed by atoms with van der Waals surface area (Å²) < 4.78 is 0. The van der Waals surface area contributed by atoms with E-state index in [0.29, 0.717) is 6.42 Å². The largest absolute Gasteiger partial charge is 0.480 e. The normalized spacial score (nSPS) is 13.1. The van der Waals surface area contributed by atoms with E-state index in [0.717, 1.165) is 24.3 Å². The summed E-state index contributed by atoms with van der Waals surface area (Å²) in [6, 6.07) is 1.51. The van der Waals surface area contributed by atoms with Gasteiger partial charge in [0.25, 0.3) is 0 Å². The Balaban J connectivity index is 3.42. The molecular weight excluding hydrogens is 224 g/mol. The van der Waals surface area contributed by atoms with Gasteiger partial charge in [0.2, 0.25) is 0 Å². The number of aliphatic carboxylic acids is 1. The fraction of sp³-hybridized carbons (Fsp3) is 0.818. The van der Waals surface area contributed by atoms with E-state index in [2.05, 4.69) is 6.07 Å². The maximum Gasteiger partial charge on any atom is 0.320 e. The van der Waals surface area contributed by atoms with Gasteiger partial charge < -0.3 is 10.8 Å². The van der Waals surface area contributed by atoms with E-state index in [4.69, 9.17) is 16.1 Å². The van der Waals surface area contributed by atoms with Crippen molar-refractivity contribution in [3.05, 3.63) is 0 Å². The van der Waals surface area contributed by atoms with Crippen LogP contribution in [0.4, 0.5) is 0 Å². The second-order valence-electron chi connectivity index (χ2n) is 4.45. The average molecular weight is 244 g/mol. The molecule has 1 atom stereocenters. The van der Waals surface area contributed by atoms with Crippen LogP contribution in [0.3, 0.4) is 0 Å². The summed E-state index contributed by atoms with van der Waals surface area (Å²) in [6.07, 6.45) is 2.36. The molecule has 0 fully saturated rings. The molecule has 0 bridgehead atoms. The van der Waals surface area contributed by atoms with Crippen LogP contribution in [-0.4, -0.2) is 28.6 Å². The standard InChI is InChI=1S/C11H20N2O2S/c1-11(2,8-12)5-3-6-16-7-4-9(13)10(14)15/h9H,3-7,13H2,1-2H3,(H,14,15). The molecule has 1 unspecified atom stereocenters. The smallest absolute Gasteiger partial charge is 0.320 e. The summed E-state index contributed by atoms with van der Waals surface area (Å²) >= 11 is 1.70. The molecule has 0 aromatic heterocycles. The van der Waals surface area contributed by atoms with Crippen LogP contribution in [-0.2, 0) is 4.79 Å². The highest BCUT2D eigenvalue weighted by molar-refractivity contribution is 7.99. The van der Waals surface area contributed by atoms with Crippen molar-refractivity contribution >= 4 is 17.7 Å². The average Bonchev–Trinajstić information content (AvgIpc) is 2.22. The van der Waals surface area contributed by atoms with Crippen LogP contribution >= 0.6 is 11.8 Å². The van der Waals surface area contributed by atoms with E-state index in [1.807, 2.05) is 13.8 Å².